The van der Waals surface area contributed by atoms with E-state index in [-0.39, 0.29) is 18.2 Å². The van der Waals surface area contributed by atoms with Crippen molar-refractivity contribution in [1.82, 2.24) is 15.1 Å². The van der Waals surface area contributed by atoms with Crippen molar-refractivity contribution < 1.29 is 14.6 Å². The molecule has 0 aliphatic carbocycles. The summed E-state index contributed by atoms with van der Waals surface area (Å²) in [5.74, 6) is 1.54. The SMILES string of the molecule is CC(C)(C)NC(=O)N1CC2CC(CN(CC(O)COc3ccc(C#N)cc3)C2)C1. The molecule has 0 aromatic heterocycles. The number of benzene rings is 1. The molecule has 1 aromatic rings. The molecule has 2 bridgehead atoms. The van der Waals surface area contributed by atoms with Crippen LogP contribution in [-0.2, 0) is 0 Å². The molecule has 7 nitrogen and oxygen atoms in total. The molecule has 158 valence electrons. The monoisotopic (exact) mass is 400 g/mol. The highest BCUT2D eigenvalue weighted by Crippen LogP contribution is 2.29. The molecule has 0 radical (unpaired) electrons. The number of hydrogen-bond acceptors (Lipinski definition) is 5. The number of fused-ring (bicyclic) bond motifs is 2. The minimum absolute atomic E-state index is 0.0245. The largest absolute Gasteiger partial charge is 0.491 e. The van der Waals surface area contributed by atoms with Crippen molar-refractivity contribution in [3.8, 4) is 11.8 Å². The Labute approximate surface area is 173 Å². The van der Waals surface area contributed by atoms with Crippen LogP contribution in [0.4, 0.5) is 4.79 Å². The Morgan fingerprint density at radius 2 is 1.86 bits per heavy atom. The number of ether oxygens (including phenoxy) is 1. The first-order valence-corrected chi connectivity index (χ1v) is 10.3. The maximum atomic E-state index is 12.5. The van der Waals surface area contributed by atoms with E-state index in [1.807, 2.05) is 25.7 Å². The zero-order chi connectivity index (χ0) is 21.0. The van der Waals surface area contributed by atoms with Gasteiger partial charge >= 0.3 is 6.03 Å². The number of aliphatic hydroxyl groups excluding tert-OH is 1. The van der Waals surface area contributed by atoms with Crippen molar-refractivity contribution in [2.75, 3.05) is 39.3 Å². The normalized spacial score (nSPS) is 23.2. The number of hydrogen-bond donors (Lipinski definition) is 2. The Morgan fingerprint density at radius 1 is 1.24 bits per heavy atom. The van der Waals surface area contributed by atoms with Crippen LogP contribution < -0.4 is 10.1 Å². The Kier molecular flexibility index (Phi) is 6.66. The lowest BCUT2D eigenvalue weighted by Gasteiger charge is -2.46. The van der Waals surface area contributed by atoms with Gasteiger partial charge in [-0.1, -0.05) is 0 Å². The minimum atomic E-state index is -0.579. The van der Waals surface area contributed by atoms with Gasteiger partial charge in [0.25, 0.3) is 0 Å². The summed E-state index contributed by atoms with van der Waals surface area (Å²) in [7, 11) is 0. The molecule has 3 atom stereocenters. The first-order valence-electron chi connectivity index (χ1n) is 10.3. The molecule has 2 N–H and O–H groups in total. The van der Waals surface area contributed by atoms with E-state index in [2.05, 4.69) is 16.3 Å². The second-order valence-electron chi connectivity index (χ2n) is 9.37. The van der Waals surface area contributed by atoms with Crippen molar-refractivity contribution in [2.24, 2.45) is 11.8 Å². The number of rotatable bonds is 5. The molecule has 3 unspecified atom stereocenters. The van der Waals surface area contributed by atoms with E-state index < -0.39 is 6.10 Å². The Balaban J connectivity index is 1.44. The molecule has 1 aromatic carbocycles. The number of nitrogens with zero attached hydrogens (tertiary/aromatic N) is 3. The Bertz CT molecular complexity index is 724. The zero-order valence-electron chi connectivity index (χ0n) is 17.6. The summed E-state index contributed by atoms with van der Waals surface area (Å²) in [6.45, 7) is 10.1. The molecule has 3 rings (SSSR count). The lowest BCUT2D eigenvalue weighted by Crippen LogP contribution is -2.58. The van der Waals surface area contributed by atoms with Crippen molar-refractivity contribution in [1.29, 1.82) is 5.26 Å². The van der Waals surface area contributed by atoms with Crippen molar-refractivity contribution in [3.05, 3.63) is 29.8 Å². The molecular formula is C22H32N4O3. The molecule has 0 spiro atoms. The van der Waals surface area contributed by atoms with E-state index in [0.717, 1.165) is 32.6 Å². The van der Waals surface area contributed by atoms with Crippen LogP contribution in [0.2, 0.25) is 0 Å². The number of amides is 2. The standard InChI is InChI=1S/C22H32N4O3/c1-22(2,3)24-21(28)26-12-17-8-18(13-26)11-25(10-17)14-19(27)15-29-20-6-4-16(9-23)5-7-20/h4-7,17-19,27H,8,10-15H2,1-3H3,(H,24,28). The predicted molar refractivity (Wildman–Crippen MR) is 111 cm³/mol. The quantitative estimate of drug-likeness (QED) is 0.790. The summed E-state index contributed by atoms with van der Waals surface area (Å²) >= 11 is 0. The number of β-amino-alcohol motifs (C(OH)–C–C–N with tert-alkyl or cyclic N) is 1. The number of urea groups is 1. The van der Waals surface area contributed by atoms with Crippen LogP contribution in [0.1, 0.15) is 32.8 Å². The number of carbonyl (C=O) groups is 1. The second kappa shape index (κ2) is 9.02. The van der Waals surface area contributed by atoms with Crippen molar-refractivity contribution in [3.63, 3.8) is 0 Å². The number of nitriles is 1. The van der Waals surface area contributed by atoms with Gasteiger partial charge in [-0.15, -0.1) is 0 Å². The fraction of sp³-hybridized carbons (Fsp3) is 0.636. The van der Waals surface area contributed by atoms with Gasteiger partial charge in [0, 0.05) is 38.3 Å². The van der Waals surface area contributed by atoms with Gasteiger partial charge in [-0.3, -0.25) is 4.90 Å². The number of aliphatic hydroxyl groups is 1. The topological polar surface area (TPSA) is 88.8 Å². The van der Waals surface area contributed by atoms with Crippen LogP contribution in [0.3, 0.4) is 0 Å². The van der Waals surface area contributed by atoms with Crippen LogP contribution in [0.5, 0.6) is 5.75 Å². The average molecular weight is 401 g/mol. The van der Waals surface area contributed by atoms with Gasteiger partial charge < -0.3 is 20.1 Å². The van der Waals surface area contributed by atoms with Gasteiger partial charge in [-0.05, 0) is 63.3 Å². The first kappa shape index (κ1) is 21.4. The fourth-order valence-electron chi connectivity index (χ4n) is 4.27. The zero-order valence-corrected chi connectivity index (χ0v) is 17.6. The number of piperidine rings is 2. The molecule has 7 heteroatoms. The fourth-order valence-corrected chi connectivity index (χ4v) is 4.27. The number of nitrogens with one attached hydrogen (secondary N) is 1. The molecule has 2 saturated heterocycles. The summed E-state index contributed by atoms with van der Waals surface area (Å²) < 4.78 is 5.65. The predicted octanol–water partition coefficient (Wildman–Crippen LogP) is 2.06. The van der Waals surface area contributed by atoms with Gasteiger partial charge in [-0.25, -0.2) is 4.79 Å². The molecule has 2 amide bonds. The molecule has 29 heavy (non-hydrogen) atoms. The van der Waals surface area contributed by atoms with Crippen LogP contribution in [0.25, 0.3) is 0 Å². The summed E-state index contributed by atoms with van der Waals surface area (Å²) in [6, 6.07) is 8.99. The van der Waals surface area contributed by atoms with E-state index in [4.69, 9.17) is 10.00 Å². The minimum Gasteiger partial charge on any atom is -0.491 e. The highest BCUT2D eigenvalue weighted by atomic mass is 16.5. The van der Waals surface area contributed by atoms with E-state index in [0.29, 0.717) is 29.7 Å². The van der Waals surface area contributed by atoms with Gasteiger partial charge in [0.15, 0.2) is 0 Å². The van der Waals surface area contributed by atoms with Crippen LogP contribution in [-0.4, -0.2) is 71.9 Å². The van der Waals surface area contributed by atoms with Gasteiger partial charge in [0.1, 0.15) is 18.5 Å². The lowest BCUT2D eigenvalue weighted by atomic mass is 9.84. The van der Waals surface area contributed by atoms with Crippen molar-refractivity contribution in [2.45, 2.75) is 38.8 Å². The van der Waals surface area contributed by atoms with Gasteiger partial charge in [0.2, 0.25) is 0 Å². The third-order valence-electron chi connectivity index (χ3n) is 5.32. The van der Waals surface area contributed by atoms with Gasteiger partial charge in [-0.2, -0.15) is 5.26 Å². The molecule has 2 fully saturated rings. The van der Waals surface area contributed by atoms with Crippen LogP contribution >= 0.6 is 0 Å². The van der Waals surface area contributed by atoms with E-state index in [9.17, 15) is 9.90 Å². The molecule has 2 aliphatic heterocycles. The van der Waals surface area contributed by atoms with Crippen molar-refractivity contribution >= 4 is 6.03 Å². The van der Waals surface area contributed by atoms with E-state index in [1.165, 1.54) is 0 Å². The average Bonchev–Trinajstić information content (AvgIpc) is 2.64. The third kappa shape index (κ3) is 6.34. The highest BCUT2D eigenvalue weighted by Gasteiger charge is 2.36. The van der Waals surface area contributed by atoms with Gasteiger partial charge in [0.05, 0.1) is 11.6 Å². The Morgan fingerprint density at radius 3 is 2.41 bits per heavy atom. The smallest absolute Gasteiger partial charge is 0.317 e. The summed E-state index contributed by atoms with van der Waals surface area (Å²) in [5, 5.41) is 22.3. The lowest BCUT2D eigenvalue weighted by molar-refractivity contribution is 0.00865. The first-order chi connectivity index (χ1) is 13.7. The van der Waals surface area contributed by atoms with E-state index >= 15 is 0 Å². The Hall–Kier alpha value is -2.30. The molecule has 2 heterocycles. The molecular weight excluding hydrogens is 368 g/mol. The molecule has 2 aliphatic rings. The molecule has 0 saturated carbocycles. The third-order valence-corrected chi connectivity index (χ3v) is 5.32. The maximum absolute atomic E-state index is 12.5. The number of carbonyl (C=O) groups excluding carboxylic acids is 1. The maximum Gasteiger partial charge on any atom is 0.317 e. The number of likely N-dealkylation sites (tertiary alicyclic amines) is 2. The van der Waals surface area contributed by atoms with Crippen LogP contribution in [0, 0.1) is 23.2 Å². The highest BCUT2D eigenvalue weighted by molar-refractivity contribution is 5.75. The summed E-state index contributed by atoms with van der Waals surface area (Å²) in [4.78, 5) is 16.7. The van der Waals surface area contributed by atoms with Crippen LogP contribution in [0.15, 0.2) is 24.3 Å². The second-order valence-corrected chi connectivity index (χ2v) is 9.37. The summed E-state index contributed by atoms with van der Waals surface area (Å²) in [6.07, 6.45) is 0.568. The van der Waals surface area contributed by atoms with E-state index in [1.54, 1.807) is 24.3 Å². The summed E-state index contributed by atoms with van der Waals surface area (Å²) in [5.41, 5.74) is 0.359.